The number of hydrogen-bond donors (Lipinski definition) is 2. The first-order valence-electron chi connectivity index (χ1n) is 8.11. The fourth-order valence-electron chi connectivity index (χ4n) is 2.75. The number of methoxy groups -OCH3 is 1. The predicted octanol–water partition coefficient (Wildman–Crippen LogP) is 3.50. The van der Waals surface area contributed by atoms with Crippen LogP contribution >= 0.6 is 0 Å². The fraction of sp³-hybridized carbons (Fsp3) is 0.263. The number of benzene rings is 2. The smallest absolute Gasteiger partial charge is 0.228 e. The quantitative estimate of drug-likeness (QED) is 0.858. The zero-order chi connectivity index (χ0) is 18.8. The molecule has 7 heteroatoms. The summed E-state index contributed by atoms with van der Waals surface area (Å²) in [7, 11) is 1.50. The lowest BCUT2D eigenvalue weighted by Crippen LogP contribution is -2.21. The number of carbonyl (C=O) groups excluding carboxylic acids is 2. The molecular weight excluding hydrogens is 342 g/mol. The molecule has 0 spiro atoms. The normalized spacial score (nSPS) is 18.2. The molecule has 0 heterocycles. The highest BCUT2D eigenvalue weighted by molar-refractivity contribution is 6.03. The third kappa shape index (κ3) is 3.66. The third-order valence-electron chi connectivity index (χ3n) is 4.29. The summed E-state index contributed by atoms with van der Waals surface area (Å²) in [5.74, 6) is -3.28. The van der Waals surface area contributed by atoms with Crippen molar-refractivity contribution in [1.82, 2.24) is 0 Å². The number of amides is 2. The number of anilines is 2. The topological polar surface area (TPSA) is 67.4 Å². The number of nitrogens with one attached hydrogen (secondary N) is 2. The van der Waals surface area contributed by atoms with Gasteiger partial charge in [0.05, 0.1) is 24.6 Å². The SMILES string of the molecule is COc1ccc(C)cc1NC(=O)C1CC1C(=O)Nc1c(F)cccc1F. The minimum atomic E-state index is -0.857. The molecule has 26 heavy (non-hydrogen) atoms. The molecule has 2 aromatic rings. The molecule has 0 bridgehead atoms. The lowest BCUT2D eigenvalue weighted by Gasteiger charge is -2.11. The van der Waals surface area contributed by atoms with E-state index >= 15 is 0 Å². The maximum Gasteiger partial charge on any atom is 0.228 e. The first-order chi connectivity index (χ1) is 12.4. The van der Waals surface area contributed by atoms with Crippen LogP contribution in [0.4, 0.5) is 20.2 Å². The van der Waals surface area contributed by atoms with E-state index in [1.165, 1.54) is 13.2 Å². The Kier molecular flexibility index (Phi) is 4.88. The van der Waals surface area contributed by atoms with Gasteiger partial charge in [-0.25, -0.2) is 8.78 Å². The molecule has 0 radical (unpaired) electrons. The third-order valence-corrected chi connectivity index (χ3v) is 4.29. The van der Waals surface area contributed by atoms with Crippen molar-refractivity contribution in [2.24, 2.45) is 11.8 Å². The number of carbonyl (C=O) groups is 2. The van der Waals surface area contributed by atoms with E-state index in [-0.39, 0.29) is 5.91 Å². The van der Waals surface area contributed by atoms with E-state index in [0.717, 1.165) is 17.7 Å². The van der Waals surface area contributed by atoms with Crippen LogP contribution in [0.1, 0.15) is 12.0 Å². The van der Waals surface area contributed by atoms with Crippen LogP contribution in [0.25, 0.3) is 0 Å². The molecule has 1 saturated carbocycles. The van der Waals surface area contributed by atoms with E-state index in [4.69, 9.17) is 4.74 Å². The number of halogens is 2. The van der Waals surface area contributed by atoms with Crippen LogP contribution in [-0.2, 0) is 9.59 Å². The summed E-state index contributed by atoms with van der Waals surface area (Å²) in [4.78, 5) is 24.5. The second kappa shape index (κ2) is 7.11. The summed E-state index contributed by atoms with van der Waals surface area (Å²) in [6, 6.07) is 8.68. The van der Waals surface area contributed by atoms with Crippen molar-refractivity contribution in [3.05, 3.63) is 53.6 Å². The molecule has 0 saturated heterocycles. The van der Waals surface area contributed by atoms with Gasteiger partial charge in [0.15, 0.2) is 0 Å². The van der Waals surface area contributed by atoms with Crippen molar-refractivity contribution in [3.8, 4) is 5.75 Å². The van der Waals surface area contributed by atoms with Crippen LogP contribution in [0.2, 0.25) is 0 Å². The molecule has 3 rings (SSSR count). The molecule has 2 unspecified atom stereocenters. The standard InChI is InChI=1S/C19H18F2N2O3/c1-10-6-7-16(26-2)15(8-10)22-18(24)11-9-12(11)19(25)23-17-13(20)4-3-5-14(17)21/h3-8,11-12H,9H2,1-2H3,(H,22,24)(H,23,25). The van der Waals surface area contributed by atoms with Gasteiger partial charge >= 0.3 is 0 Å². The van der Waals surface area contributed by atoms with Crippen LogP contribution in [0, 0.1) is 30.4 Å². The largest absolute Gasteiger partial charge is 0.495 e. The first kappa shape index (κ1) is 17.8. The second-order valence-corrected chi connectivity index (χ2v) is 6.23. The van der Waals surface area contributed by atoms with E-state index in [9.17, 15) is 18.4 Å². The molecule has 2 atom stereocenters. The number of rotatable bonds is 5. The van der Waals surface area contributed by atoms with Crippen LogP contribution in [0.5, 0.6) is 5.75 Å². The Morgan fingerprint density at radius 2 is 1.65 bits per heavy atom. The van der Waals surface area contributed by atoms with Crippen molar-refractivity contribution in [1.29, 1.82) is 0 Å². The zero-order valence-electron chi connectivity index (χ0n) is 14.3. The highest BCUT2D eigenvalue weighted by atomic mass is 19.1. The van der Waals surface area contributed by atoms with Gasteiger partial charge in [-0.2, -0.15) is 0 Å². The number of hydrogen-bond acceptors (Lipinski definition) is 3. The lowest BCUT2D eigenvalue weighted by atomic mass is 10.2. The summed E-state index contributed by atoms with van der Waals surface area (Å²) in [5.41, 5.74) is 0.967. The van der Waals surface area contributed by atoms with Gasteiger partial charge in [0.1, 0.15) is 23.1 Å². The molecule has 136 valence electrons. The Bertz CT molecular complexity index is 850. The van der Waals surface area contributed by atoms with Gasteiger partial charge in [0, 0.05) is 0 Å². The van der Waals surface area contributed by atoms with E-state index in [1.54, 1.807) is 12.1 Å². The van der Waals surface area contributed by atoms with E-state index in [2.05, 4.69) is 10.6 Å². The van der Waals surface area contributed by atoms with Crippen molar-refractivity contribution in [3.63, 3.8) is 0 Å². The van der Waals surface area contributed by atoms with Gasteiger partial charge in [-0.1, -0.05) is 12.1 Å². The molecule has 2 amide bonds. The van der Waals surface area contributed by atoms with Crippen LogP contribution in [0.3, 0.4) is 0 Å². The average molecular weight is 360 g/mol. The van der Waals surface area contributed by atoms with Crippen molar-refractivity contribution in [2.75, 3.05) is 17.7 Å². The second-order valence-electron chi connectivity index (χ2n) is 6.23. The monoisotopic (exact) mass is 360 g/mol. The minimum Gasteiger partial charge on any atom is -0.495 e. The van der Waals surface area contributed by atoms with Gasteiger partial charge in [0.25, 0.3) is 0 Å². The maximum atomic E-state index is 13.6. The Morgan fingerprint density at radius 3 is 2.27 bits per heavy atom. The Labute approximate surface area is 149 Å². The molecule has 2 N–H and O–H groups in total. The molecule has 2 aromatic carbocycles. The Balaban J connectivity index is 1.64. The maximum absolute atomic E-state index is 13.6. The molecule has 1 fully saturated rings. The minimum absolute atomic E-state index is 0.321. The van der Waals surface area contributed by atoms with Gasteiger partial charge in [-0.15, -0.1) is 0 Å². The van der Waals surface area contributed by atoms with Crippen molar-refractivity contribution in [2.45, 2.75) is 13.3 Å². The van der Waals surface area contributed by atoms with Crippen LogP contribution < -0.4 is 15.4 Å². The summed E-state index contributed by atoms with van der Waals surface area (Å²) in [6.07, 6.45) is 0.321. The molecule has 1 aliphatic carbocycles. The number of aryl methyl sites for hydroxylation is 1. The summed E-state index contributed by atoms with van der Waals surface area (Å²) in [5, 5.41) is 4.97. The fourth-order valence-corrected chi connectivity index (χ4v) is 2.75. The van der Waals surface area contributed by atoms with Gasteiger partial charge < -0.3 is 15.4 Å². The van der Waals surface area contributed by atoms with Crippen LogP contribution in [0.15, 0.2) is 36.4 Å². The highest BCUT2D eigenvalue weighted by Crippen LogP contribution is 2.41. The zero-order valence-corrected chi connectivity index (χ0v) is 14.3. The van der Waals surface area contributed by atoms with Gasteiger partial charge in [0.2, 0.25) is 11.8 Å². The first-order valence-corrected chi connectivity index (χ1v) is 8.11. The number of ether oxygens (including phenoxy) is 1. The summed E-state index contributed by atoms with van der Waals surface area (Å²) < 4.78 is 32.4. The van der Waals surface area contributed by atoms with E-state index < -0.39 is 35.1 Å². The molecule has 5 nitrogen and oxygen atoms in total. The van der Waals surface area contributed by atoms with E-state index in [1.807, 2.05) is 13.0 Å². The molecule has 0 aliphatic heterocycles. The van der Waals surface area contributed by atoms with Crippen LogP contribution in [-0.4, -0.2) is 18.9 Å². The van der Waals surface area contributed by atoms with Crippen molar-refractivity contribution < 1.29 is 23.1 Å². The van der Waals surface area contributed by atoms with Gasteiger partial charge in [-0.05, 0) is 43.2 Å². The number of para-hydroxylation sites is 1. The molecule has 0 aromatic heterocycles. The molecular formula is C19H18F2N2O3. The Morgan fingerprint density at radius 1 is 1.04 bits per heavy atom. The summed E-state index contributed by atoms with van der Waals surface area (Å²) >= 11 is 0. The average Bonchev–Trinajstić information content (AvgIpc) is 3.39. The summed E-state index contributed by atoms with van der Waals surface area (Å²) in [6.45, 7) is 1.88. The lowest BCUT2D eigenvalue weighted by molar-refractivity contribution is -0.122. The highest BCUT2D eigenvalue weighted by Gasteiger charge is 2.48. The van der Waals surface area contributed by atoms with E-state index in [0.29, 0.717) is 17.9 Å². The predicted molar refractivity (Wildman–Crippen MR) is 92.9 cm³/mol. The van der Waals surface area contributed by atoms with Gasteiger partial charge in [-0.3, -0.25) is 9.59 Å². The molecule has 1 aliphatic rings. The van der Waals surface area contributed by atoms with Crippen molar-refractivity contribution >= 4 is 23.2 Å². The Hall–Kier alpha value is -2.96.